The molecular weight excluding hydrogens is 268 g/mol. The average molecular weight is 284 g/mol. The number of amides is 1. The number of aromatic amines is 1. The number of hydrogen-bond donors (Lipinski definition) is 3. The minimum atomic E-state index is -0.630. The molecule has 0 saturated carbocycles. The summed E-state index contributed by atoms with van der Waals surface area (Å²) in [5, 5.41) is 13.0. The zero-order valence-electron chi connectivity index (χ0n) is 11.6. The molecule has 0 fully saturated rings. The van der Waals surface area contributed by atoms with Crippen LogP contribution in [0.2, 0.25) is 0 Å². The Bertz CT molecular complexity index is 751. The van der Waals surface area contributed by atoms with Gasteiger partial charge in [-0.05, 0) is 24.1 Å². The standard InChI is InChI=1S/C16H16N2O3/c1-9-11(6-7-14(20)17-9)16(21)18-15-12-5-3-2-4-10(12)8-13(15)19/h2-7,13,15,19H,8H2,1H3,(H,17,20)(H,18,21). The van der Waals surface area contributed by atoms with Gasteiger partial charge in [0.2, 0.25) is 5.56 Å². The third-order valence-electron chi connectivity index (χ3n) is 3.85. The molecule has 0 saturated heterocycles. The molecule has 1 heterocycles. The number of nitrogens with one attached hydrogen (secondary N) is 2. The molecule has 2 unspecified atom stereocenters. The van der Waals surface area contributed by atoms with E-state index in [0.29, 0.717) is 17.7 Å². The monoisotopic (exact) mass is 284 g/mol. The van der Waals surface area contributed by atoms with Crippen LogP contribution in [0, 0.1) is 6.92 Å². The predicted octanol–water partition coefficient (Wildman–Crippen LogP) is 1.07. The first kappa shape index (κ1) is 13.6. The van der Waals surface area contributed by atoms with Crippen LogP contribution in [-0.4, -0.2) is 22.1 Å². The quantitative estimate of drug-likeness (QED) is 0.771. The van der Waals surface area contributed by atoms with Gasteiger partial charge in [-0.2, -0.15) is 0 Å². The van der Waals surface area contributed by atoms with E-state index >= 15 is 0 Å². The summed E-state index contributed by atoms with van der Waals surface area (Å²) in [5.74, 6) is -0.301. The Labute approximate surface area is 121 Å². The lowest BCUT2D eigenvalue weighted by Crippen LogP contribution is -2.34. The van der Waals surface area contributed by atoms with Crippen molar-refractivity contribution in [3.05, 3.63) is 69.1 Å². The number of rotatable bonds is 2. The first-order valence-electron chi connectivity index (χ1n) is 6.83. The Morgan fingerprint density at radius 2 is 2.05 bits per heavy atom. The molecule has 108 valence electrons. The number of hydrogen-bond acceptors (Lipinski definition) is 3. The van der Waals surface area contributed by atoms with Gasteiger partial charge in [-0.3, -0.25) is 9.59 Å². The highest BCUT2D eigenvalue weighted by atomic mass is 16.3. The van der Waals surface area contributed by atoms with Gasteiger partial charge < -0.3 is 15.4 Å². The van der Waals surface area contributed by atoms with E-state index in [2.05, 4.69) is 10.3 Å². The molecule has 0 bridgehead atoms. The van der Waals surface area contributed by atoms with Crippen molar-refractivity contribution >= 4 is 5.91 Å². The van der Waals surface area contributed by atoms with Crippen LogP contribution < -0.4 is 10.9 Å². The molecule has 2 atom stereocenters. The van der Waals surface area contributed by atoms with Crippen LogP contribution in [0.5, 0.6) is 0 Å². The molecule has 2 aromatic rings. The second-order valence-corrected chi connectivity index (χ2v) is 5.28. The molecule has 3 rings (SSSR count). The van der Waals surface area contributed by atoms with E-state index in [1.807, 2.05) is 24.3 Å². The van der Waals surface area contributed by atoms with Crippen molar-refractivity contribution in [3.63, 3.8) is 0 Å². The van der Waals surface area contributed by atoms with Crippen LogP contribution >= 0.6 is 0 Å². The third kappa shape index (κ3) is 2.48. The van der Waals surface area contributed by atoms with Gasteiger partial charge >= 0.3 is 0 Å². The highest BCUT2D eigenvalue weighted by Crippen LogP contribution is 2.31. The molecule has 0 aliphatic heterocycles. The zero-order valence-corrected chi connectivity index (χ0v) is 11.6. The van der Waals surface area contributed by atoms with Gasteiger partial charge in [0.15, 0.2) is 0 Å². The second-order valence-electron chi connectivity index (χ2n) is 5.28. The first-order chi connectivity index (χ1) is 10.1. The van der Waals surface area contributed by atoms with Gasteiger partial charge in [-0.15, -0.1) is 0 Å². The molecule has 5 nitrogen and oxygen atoms in total. The second kappa shape index (κ2) is 5.18. The van der Waals surface area contributed by atoms with Gasteiger partial charge in [-0.25, -0.2) is 0 Å². The van der Waals surface area contributed by atoms with E-state index in [0.717, 1.165) is 11.1 Å². The minimum absolute atomic E-state index is 0.240. The van der Waals surface area contributed by atoms with Crippen LogP contribution in [0.4, 0.5) is 0 Å². The van der Waals surface area contributed by atoms with E-state index < -0.39 is 12.1 Å². The Morgan fingerprint density at radius 1 is 1.29 bits per heavy atom. The Balaban J connectivity index is 1.87. The number of aliphatic hydroxyl groups is 1. The summed E-state index contributed by atoms with van der Waals surface area (Å²) in [6.45, 7) is 1.68. The van der Waals surface area contributed by atoms with E-state index in [4.69, 9.17) is 0 Å². The smallest absolute Gasteiger partial charge is 0.253 e. The van der Waals surface area contributed by atoms with Crippen molar-refractivity contribution in [2.75, 3.05) is 0 Å². The predicted molar refractivity (Wildman–Crippen MR) is 78.2 cm³/mol. The largest absolute Gasteiger partial charge is 0.390 e. The average Bonchev–Trinajstić information content (AvgIpc) is 2.75. The number of aliphatic hydroxyl groups excluding tert-OH is 1. The van der Waals surface area contributed by atoms with Crippen LogP contribution in [0.15, 0.2) is 41.2 Å². The molecule has 21 heavy (non-hydrogen) atoms. The van der Waals surface area contributed by atoms with Crippen LogP contribution in [0.1, 0.15) is 33.2 Å². The maximum atomic E-state index is 12.3. The molecule has 0 radical (unpaired) electrons. The lowest BCUT2D eigenvalue weighted by molar-refractivity contribution is 0.0857. The molecule has 1 amide bonds. The van der Waals surface area contributed by atoms with Crippen molar-refractivity contribution < 1.29 is 9.90 Å². The van der Waals surface area contributed by atoms with Crippen molar-refractivity contribution in [1.29, 1.82) is 0 Å². The first-order valence-corrected chi connectivity index (χ1v) is 6.83. The number of H-pyrrole nitrogens is 1. The van der Waals surface area contributed by atoms with Gasteiger partial charge in [0.1, 0.15) is 0 Å². The Hall–Kier alpha value is -2.40. The highest BCUT2D eigenvalue weighted by Gasteiger charge is 2.32. The van der Waals surface area contributed by atoms with E-state index in [9.17, 15) is 14.7 Å². The molecule has 1 aromatic heterocycles. The van der Waals surface area contributed by atoms with Gasteiger partial charge in [-0.1, -0.05) is 24.3 Å². The van der Waals surface area contributed by atoms with Crippen LogP contribution in [0.3, 0.4) is 0 Å². The third-order valence-corrected chi connectivity index (χ3v) is 3.85. The maximum absolute atomic E-state index is 12.3. The van der Waals surface area contributed by atoms with Gasteiger partial charge in [0.25, 0.3) is 5.91 Å². The van der Waals surface area contributed by atoms with Crippen LogP contribution in [0.25, 0.3) is 0 Å². The summed E-state index contributed by atoms with van der Waals surface area (Å²) in [5.41, 5.74) is 2.68. The lowest BCUT2D eigenvalue weighted by Gasteiger charge is -2.18. The summed E-state index contributed by atoms with van der Waals surface area (Å²) < 4.78 is 0. The summed E-state index contributed by atoms with van der Waals surface area (Å²) in [7, 11) is 0. The minimum Gasteiger partial charge on any atom is -0.390 e. The molecule has 5 heteroatoms. The van der Waals surface area contributed by atoms with E-state index in [1.54, 1.807) is 6.92 Å². The summed E-state index contributed by atoms with van der Waals surface area (Å²) >= 11 is 0. The SMILES string of the molecule is Cc1[nH]c(=O)ccc1C(=O)NC1c2ccccc2CC1O. The number of aromatic nitrogens is 1. The van der Waals surface area contributed by atoms with Gasteiger partial charge in [0, 0.05) is 18.2 Å². The fourth-order valence-corrected chi connectivity index (χ4v) is 2.79. The summed E-state index contributed by atoms with van der Waals surface area (Å²) in [6, 6.07) is 10.1. The number of benzene rings is 1. The fourth-order valence-electron chi connectivity index (χ4n) is 2.79. The number of pyridine rings is 1. The number of fused-ring (bicyclic) bond motifs is 1. The normalized spacial score (nSPS) is 20.1. The van der Waals surface area contributed by atoms with Crippen LogP contribution in [-0.2, 0) is 6.42 Å². The molecule has 1 aliphatic rings. The highest BCUT2D eigenvalue weighted by molar-refractivity contribution is 5.95. The maximum Gasteiger partial charge on any atom is 0.253 e. The van der Waals surface area contributed by atoms with E-state index in [-0.39, 0.29) is 11.5 Å². The Morgan fingerprint density at radius 3 is 2.81 bits per heavy atom. The summed E-state index contributed by atoms with van der Waals surface area (Å²) in [4.78, 5) is 26.1. The Kier molecular flexibility index (Phi) is 3.35. The van der Waals surface area contributed by atoms with E-state index in [1.165, 1.54) is 12.1 Å². The number of aryl methyl sites for hydroxylation is 1. The lowest BCUT2D eigenvalue weighted by atomic mass is 10.1. The molecule has 0 spiro atoms. The number of carbonyl (C=O) groups is 1. The molecule has 3 N–H and O–H groups in total. The van der Waals surface area contributed by atoms with Crippen molar-refractivity contribution in [1.82, 2.24) is 10.3 Å². The fraction of sp³-hybridized carbons (Fsp3) is 0.250. The molecule has 1 aromatic carbocycles. The van der Waals surface area contributed by atoms with Gasteiger partial charge in [0.05, 0.1) is 17.7 Å². The summed E-state index contributed by atoms with van der Waals surface area (Å²) in [6.07, 6.45) is -0.0967. The number of carbonyl (C=O) groups excluding carboxylic acids is 1. The van der Waals surface area contributed by atoms with Crippen molar-refractivity contribution in [2.45, 2.75) is 25.5 Å². The zero-order chi connectivity index (χ0) is 15.0. The topological polar surface area (TPSA) is 82.2 Å². The van der Waals surface area contributed by atoms with Crippen molar-refractivity contribution in [3.8, 4) is 0 Å². The molecule has 1 aliphatic carbocycles. The van der Waals surface area contributed by atoms with Crippen molar-refractivity contribution in [2.24, 2.45) is 0 Å². The molecular formula is C16H16N2O3.